The van der Waals surface area contributed by atoms with Gasteiger partial charge in [-0.1, -0.05) is 54.9 Å². The van der Waals surface area contributed by atoms with E-state index in [0.717, 1.165) is 16.1 Å². The number of carbonyl (C=O) groups is 1. The van der Waals surface area contributed by atoms with Crippen LogP contribution in [0.1, 0.15) is 31.9 Å². The topological polar surface area (TPSA) is 66.5 Å². The standard InChI is InChI=1S/C19H23ClN2O3S/c1-4-18(15-9-6-5-7-10-15)21-19(23)14(2)22(26(3,24)25)17-12-8-11-16(20)13-17/h5-14,18H,4H2,1-3H3,(H,21,23)/t14-,18+/m1/s1. The van der Waals surface area contributed by atoms with Gasteiger partial charge in [0.25, 0.3) is 0 Å². The van der Waals surface area contributed by atoms with Gasteiger partial charge in [-0.25, -0.2) is 8.42 Å². The molecular weight excluding hydrogens is 372 g/mol. The molecule has 7 heteroatoms. The van der Waals surface area contributed by atoms with Crippen molar-refractivity contribution in [3.63, 3.8) is 0 Å². The summed E-state index contributed by atoms with van der Waals surface area (Å²) in [6.07, 6.45) is 1.77. The number of amides is 1. The molecule has 2 aromatic carbocycles. The molecule has 1 N–H and O–H groups in total. The summed E-state index contributed by atoms with van der Waals surface area (Å²) in [7, 11) is -3.67. The van der Waals surface area contributed by atoms with Crippen molar-refractivity contribution in [3.8, 4) is 0 Å². The van der Waals surface area contributed by atoms with Gasteiger partial charge in [-0.15, -0.1) is 0 Å². The number of nitrogens with one attached hydrogen (secondary N) is 1. The molecule has 5 nitrogen and oxygen atoms in total. The predicted octanol–water partition coefficient (Wildman–Crippen LogP) is 3.76. The highest BCUT2D eigenvalue weighted by molar-refractivity contribution is 7.92. The maximum atomic E-state index is 12.8. The minimum Gasteiger partial charge on any atom is -0.347 e. The fourth-order valence-corrected chi connectivity index (χ4v) is 4.17. The zero-order valence-electron chi connectivity index (χ0n) is 15.0. The van der Waals surface area contributed by atoms with Gasteiger partial charge in [-0.05, 0) is 37.1 Å². The van der Waals surface area contributed by atoms with Crippen LogP contribution in [0.5, 0.6) is 0 Å². The molecule has 0 saturated heterocycles. The molecular formula is C19H23ClN2O3S. The van der Waals surface area contributed by atoms with Crippen molar-refractivity contribution in [3.05, 3.63) is 65.2 Å². The van der Waals surface area contributed by atoms with E-state index in [-0.39, 0.29) is 11.9 Å². The molecule has 2 aromatic rings. The molecule has 2 rings (SSSR count). The summed E-state index contributed by atoms with van der Waals surface area (Å²) in [5, 5.41) is 3.34. The summed E-state index contributed by atoms with van der Waals surface area (Å²) in [5.74, 6) is -0.369. The van der Waals surface area contributed by atoms with Crippen LogP contribution in [0.2, 0.25) is 5.02 Å². The van der Waals surface area contributed by atoms with Crippen LogP contribution >= 0.6 is 11.6 Å². The number of nitrogens with zero attached hydrogens (tertiary/aromatic N) is 1. The number of hydrogen-bond acceptors (Lipinski definition) is 3. The molecule has 0 aliphatic carbocycles. The van der Waals surface area contributed by atoms with Crippen LogP contribution < -0.4 is 9.62 Å². The average Bonchev–Trinajstić information content (AvgIpc) is 2.59. The number of halogens is 1. The third-order valence-corrected chi connectivity index (χ3v) is 5.55. The van der Waals surface area contributed by atoms with Crippen LogP contribution in [-0.4, -0.2) is 26.6 Å². The zero-order valence-corrected chi connectivity index (χ0v) is 16.6. The van der Waals surface area contributed by atoms with Crippen molar-refractivity contribution < 1.29 is 13.2 Å². The quantitative estimate of drug-likeness (QED) is 0.777. The SMILES string of the molecule is CC[C@H](NC(=O)[C@@H](C)N(c1cccc(Cl)c1)S(C)(=O)=O)c1ccccc1. The van der Waals surface area contributed by atoms with Gasteiger partial charge in [0, 0.05) is 5.02 Å². The van der Waals surface area contributed by atoms with E-state index < -0.39 is 16.1 Å². The predicted molar refractivity (Wildman–Crippen MR) is 106 cm³/mol. The smallest absolute Gasteiger partial charge is 0.244 e. The Morgan fingerprint density at radius 2 is 1.81 bits per heavy atom. The molecule has 0 unspecified atom stereocenters. The van der Waals surface area contributed by atoms with Crippen LogP contribution in [-0.2, 0) is 14.8 Å². The summed E-state index contributed by atoms with van der Waals surface area (Å²) in [4.78, 5) is 12.8. The van der Waals surface area contributed by atoms with E-state index in [1.165, 1.54) is 6.07 Å². The molecule has 0 radical (unpaired) electrons. The molecule has 2 atom stereocenters. The van der Waals surface area contributed by atoms with E-state index in [0.29, 0.717) is 17.1 Å². The van der Waals surface area contributed by atoms with Gasteiger partial charge in [-0.3, -0.25) is 9.10 Å². The second-order valence-corrected chi connectivity index (χ2v) is 8.39. The summed E-state index contributed by atoms with van der Waals surface area (Å²) < 4.78 is 25.7. The average molecular weight is 395 g/mol. The van der Waals surface area contributed by atoms with Gasteiger partial charge >= 0.3 is 0 Å². The Hall–Kier alpha value is -2.05. The van der Waals surface area contributed by atoms with Gasteiger partial charge in [-0.2, -0.15) is 0 Å². The molecule has 0 bridgehead atoms. The number of carbonyl (C=O) groups excluding carboxylic acids is 1. The summed E-state index contributed by atoms with van der Waals surface area (Å²) in [6, 6.07) is 14.9. The van der Waals surface area contributed by atoms with E-state index in [9.17, 15) is 13.2 Å². The van der Waals surface area contributed by atoms with E-state index in [2.05, 4.69) is 5.32 Å². The first-order valence-electron chi connectivity index (χ1n) is 8.34. The number of rotatable bonds is 7. The molecule has 0 aliphatic heterocycles. The third-order valence-electron chi connectivity index (χ3n) is 4.08. The molecule has 0 aliphatic rings. The second kappa shape index (κ2) is 8.56. The third kappa shape index (κ3) is 4.99. The molecule has 0 spiro atoms. The Bertz CT molecular complexity index is 856. The van der Waals surface area contributed by atoms with Crippen molar-refractivity contribution in [1.29, 1.82) is 0 Å². The fourth-order valence-electron chi connectivity index (χ4n) is 2.82. The lowest BCUT2D eigenvalue weighted by Gasteiger charge is -2.30. The minimum absolute atomic E-state index is 0.188. The number of hydrogen-bond donors (Lipinski definition) is 1. The van der Waals surface area contributed by atoms with Crippen LogP contribution in [0, 0.1) is 0 Å². The van der Waals surface area contributed by atoms with E-state index in [1.807, 2.05) is 37.3 Å². The maximum absolute atomic E-state index is 12.8. The lowest BCUT2D eigenvalue weighted by molar-refractivity contribution is -0.122. The van der Waals surface area contributed by atoms with Gasteiger partial charge in [0.05, 0.1) is 18.0 Å². The maximum Gasteiger partial charge on any atom is 0.244 e. The van der Waals surface area contributed by atoms with Crippen molar-refractivity contribution in [2.45, 2.75) is 32.4 Å². The Labute approximate surface area is 160 Å². The fraction of sp³-hybridized carbons (Fsp3) is 0.316. The Morgan fingerprint density at radius 1 is 1.15 bits per heavy atom. The first-order chi connectivity index (χ1) is 12.2. The molecule has 0 aromatic heterocycles. The highest BCUT2D eigenvalue weighted by Crippen LogP contribution is 2.25. The second-order valence-electron chi connectivity index (χ2n) is 6.09. The van der Waals surface area contributed by atoms with Crippen LogP contribution in [0.25, 0.3) is 0 Å². The van der Waals surface area contributed by atoms with Gasteiger partial charge in [0.2, 0.25) is 15.9 Å². The number of sulfonamides is 1. The Morgan fingerprint density at radius 3 is 2.35 bits per heavy atom. The van der Waals surface area contributed by atoms with E-state index in [4.69, 9.17) is 11.6 Å². The zero-order chi connectivity index (χ0) is 19.3. The molecule has 0 fully saturated rings. The van der Waals surface area contributed by atoms with Crippen molar-refractivity contribution in [1.82, 2.24) is 5.32 Å². The van der Waals surface area contributed by atoms with Gasteiger partial charge < -0.3 is 5.32 Å². The highest BCUT2D eigenvalue weighted by atomic mass is 35.5. The van der Waals surface area contributed by atoms with Crippen molar-refractivity contribution in [2.75, 3.05) is 10.6 Å². The first-order valence-corrected chi connectivity index (χ1v) is 10.6. The molecule has 1 amide bonds. The van der Waals surface area contributed by atoms with Crippen molar-refractivity contribution >= 4 is 33.2 Å². The lowest BCUT2D eigenvalue weighted by atomic mass is 10.0. The molecule has 26 heavy (non-hydrogen) atoms. The van der Waals surface area contributed by atoms with Gasteiger partial charge in [0.15, 0.2) is 0 Å². The monoisotopic (exact) mass is 394 g/mol. The van der Waals surface area contributed by atoms with Crippen LogP contribution in [0.15, 0.2) is 54.6 Å². The Kier molecular flexibility index (Phi) is 6.67. The van der Waals surface area contributed by atoms with Crippen molar-refractivity contribution in [2.24, 2.45) is 0 Å². The molecule has 0 heterocycles. The largest absolute Gasteiger partial charge is 0.347 e. The van der Waals surface area contributed by atoms with E-state index in [1.54, 1.807) is 25.1 Å². The molecule has 0 saturated carbocycles. The normalized spacial score (nSPS) is 13.7. The Balaban J connectivity index is 2.28. The minimum atomic E-state index is -3.67. The number of benzene rings is 2. The summed E-state index contributed by atoms with van der Waals surface area (Å²) in [5.41, 5.74) is 1.33. The molecule has 140 valence electrons. The first kappa shape index (κ1) is 20.3. The summed E-state index contributed by atoms with van der Waals surface area (Å²) >= 11 is 5.99. The van der Waals surface area contributed by atoms with Crippen LogP contribution in [0.4, 0.5) is 5.69 Å². The summed E-state index contributed by atoms with van der Waals surface area (Å²) in [6.45, 7) is 3.53. The van der Waals surface area contributed by atoms with Gasteiger partial charge in [0.1, 0.15) is 6.04 Å². The lowest BCUT2D eigenvalue weighted by Crippen LogP contribution is -2.48. The van der Waals surface area contributed by atoms with E-state index >= 15 is 0 Å². The highest BCUT2D eigenvalue weighted by Gasteiger charge is 2.30. The van der Waals surface area contributed by atoms with Crippen LogP contribution in [0.3, 0.4) is 0 Å². The number of anilines is 1.